The van der Waals surface area contributed by atoms with Gasteiger partial charge in [-0.3, -0.25) is 0 Å². The lowest BCUT2D eigenvalue weighted by Crippen LogP contribution is -2.59. The summed E-state index contributed by atoms with van der Waals surface area (Å²) < 4.78 is 31.5. The van der Waals surface area contributed by atoms with Crippen LogP contribution in [0.1, 0.15) is 34.1 Å². The summed E-state index contributed by atoms with van der Waals surface area (Å²) in [5.74, 6) is 0.00467. The lowest BCUT2D eigenvalue weighted by atomic mass is 9.67. The van der Waals surface area contributed by atoms with Crippen LogP contribution in [0.3, 0.4) is 0 Å². The molecular weight excluding hydrogens is 262 g/mol. The largest absolute Gasteiger partial charge is 0.378 e. The zero-order valence-electron chi connectivity index (χ0n) is 10.9. The molecule has 0 spiro atoms. The normalized spacial score (nSPS) is 28.1. The first-order valence-corrected chi connectivity index (χ1v) is 7.99. The van der Waals surface area contributed by atoms with Crippen molar-refractivity contribution in [2.75, 3.05) is 12.4 Å². The Hall–Kier alpha value is 0.160. The molecule has 0 aliphatic heterocycles. The lowest BCUT2D eigenvalue weighted by molar-refractivity contribution is 0.0905. The number of alkyl halides is 1. The van der Waals surface area contributed by atoms with E-state index in [1.165, 1.54) is 0 Å². The second-order valence-corrected chi connectivity index (χ2v) is 7.83. The molecule has 102 valence electrons. The number of sulfonamides is 1. The van der Waals surface area contributed by atoms with Crippen molar-refractivity contribution < 1.29 is 13.2 Å². The fourth-order valence-corrected chi connectivity index (χ4v) is 3.34. The van der Waals surface area contributed by atoms with Crippen LogP contribution in [0.15, 0.2) is 0 Å². The summed E-state index contributed by atoms with van der Waals surface area (Å²) in [5.41, 5.74) is -0.173. The van der Waals surface area contributed by atoms with Crippen LogP contribution in [0.2, 0.25) is 0 Å². The Labute approximate surface area is 109 Å². The van der Waals surface area contributed by atoms with Crippen LogP contribution in [-0.4, -0.2) is 38.3 Å². The molecule has 6 heteroatoms. The maximum absolute atomic E-state index is 11.8. The van der Waals surface area contributed by atoms with Gasteiger partial charge < -0.3 is 4.74 Å². The molecule has 0 heterocycles. The molecule has 1 rings (SSSR count). The molecule has 0 saturated heterocycles. The third kappa shape index (κ3) is 4.09. The molecule has 4 nitrogen and oxygen atoms in total. The van der Waals surface area contributed by atoms with Gasteiger partial charge in [-0.05, 0) is 25.7 Å². The highest BCUT2D eigenvalue weighted by Crippen LogP contribution is 2.44. The van der Waals surface area contributed by atoms with Crippen molar-refractivity contribution in [3.63, 3.8) is 0 Å². The highest BCUT2D eigenvalue weighted by molar-refractivity contribution is 7.89. The van der Waals surface area contributed by atoms with E-state index in [0.717, 1.165) is 0 Å². The van der Waals surface area contributed by atoms with Gasteiger partial charge in [0.05, 0.1) is 18.5 Å². The molecule has 17 heavy (non-hydrogen) atoms. The zero-order chi connectivity index (χ0) is 13.3. The molecule has 0 aromatic carbocycles. The van der Waals surface area contributed by atoms with Gasteiger partial charge in [0.15, 0.2) is 0 Å². The SMILES string of the molecule is CC(C)OCCS(=O)(=O)NC1CC(Cl)C1(C)C. The molecule has 1 aliphatic carbocycles. The molecular formula is C11H22ClNO3S. The number of ether oxygens (including phenoxy) is 1. The van der Waals surface area contributed by atoms with Gasteiger partial charge in [-0.2, -0.15) is 0 Å². The standard InChI is InChI=1S/C11H22ClNO3S/c1-8(2)16-5-6-17(14,15)13-10-7-9(12)11(10,3)4/h8-10,13H,5-7H2,1-4H3. The molecule has 2 unspecified atom stereocenters. The number of halogens is 1. The van der Waals surface area contributed by atoms with Crippen LogP contribution in [0.5, 0.6) is 0 Å². The summed E-state index contributed by atoms with van der Waals surface area (Å²) in [6, 6.07) is -0.0611. The van der Waals surface area contributed by atoms with Gasteiger partial charge in [0.2, 0.25) is 10.0 Å². The summed E-state index contributed by atoms with van der Waals surface area (Å²) in [4.78, 5) is 0. The van der Waals surface area contributed by atoms with Crippen molar-refractivity contribution in [1.82, 2.24) is 4.72 Å². The first kappa shape index (κ1) is 15.2. The monoisotopic (exact) mass is 283 g/mol. The van der Waals surface area contributed by atoms with Crippen LogP contribution in [-0.2, 0) is 14.8 Å². The fraction of sp³-hybridized carbons (Fsp3) is 1.00. The molecule has 0 aromatic rings. The van der Waals surface area contributed by atoms with Crippen LogP contribution < -0.4 is 4.72 Å². The number of rotatable bonds is 6. The maximum atomic E-state index is 11.8. The first-order valence-electron chi connectivity index (χ1n) is 5.91. The van der Waals surface area contributed by atoms with Crippen LogP contribution in [0, 0.1) is 5.41 Å². The maximum Gasteiger partial charge on any atom is 0.214 e. The van der Waals surface area contributed by atoms with Crippen molar-refractivity contribution in [1.29, 1.82) is 0 Å². The molecule has 0 aromatic heterocycles. The lowest BCUT2D eigenvalue weighted by Gasteiger charge is -2.49. The summed E-state index contributed by atoms with van der Waals surface area (Å²) in [6.45, 7) is 7.95. The quantitative estimate of drug-likeness (QED) is 0.756. The average molecular weight is 284 g/mol. The average Bonchev–Trinajstić information content (AvgIpc) is 2.16. The molecule has 2 atom stereocenters. The molecule has 1 aliphatic rings. The Morgan fingerprint density at radius 1 is 1.47 bits per heavy atom. The van der Waals surface area contributed by atoms with Crippen molar-refractivity contribution in [2.45, 2.75) is 51.6 Å². The van der Waals surface area contributed by atoms with Crippen molar-refractivity contribution >= 4 is 21.6 Å². The van der Waals surface area contributed by atoms with Gasteiger partial charge in [-0.25, -0.2) is 13.1 Å². The predicted molar refractivity (Wildman–Crippen MR) is 69.8 cm³/mol. The molecule has 0 amide bonds. The van der Waals surface area contributed by atoms with Crippen LogP contribution >= 0.6 is 11.6 Å². The van der Waals surface area contributed by atoms with E-state index in [0.29, 0.717) is 6.42 Å². The Balaban J connectivity index is 2.40. The topological polar surface area (TPSA) is 55.4 Å². The van der Waals surface area contributed by atoms with Gasteiger partial charge in [0, 0.05) is 11.4 Å². The van der Waals surface area contributed by atoms with E-state index in [9.17, 15) is 8.42 Å². The van der Waals surface area contributed by atoms with Gasteiger partial charge in [0.1, 0.15) is 0 Å². The zero-order valence-corrected chi connectivity index (χ0v) is 12.4. The highest BCUT2D eigenvalue weighted by atomic mass is 35.5. The minimum absolute atomic E-state index is 0.00467. The van der Waals surface area contributed by atoms with Crippen LogP contribution in [0.4, 0.5) is 0 Å². The molecule has 0 radical (unpaired) electrons. The summed E-state index contributed by atoms with van der Waals surface area (Å²) in [5, 5.41) is 0.0436. The molecule has 0 bridgehead atoms. The van der Waals surface area contributed by atoms with E-state index < -0.39 is 10.0 Å². The van der Waals surface area contributed by atoms with E-state index in [1.807, 2.05) is 27.7 Å². The first-order chi connectivity index (χ1) is 7.65. The Morgan fingerprint density at radius 2 is 2.06 bits per heavy atom. The van der Waals surface area contributed by atoms with E-state index in [2.05, 4.69) is 4.72 Å². The number of hydrogen-bond acceptors (Lipinski definition) is 3. The molecule has 1 fully saturated rings. The smallest absolute Gasteiger partial charge is 0.214 e. The number of nitrogens with one attached hydrogen (secondary N) is 1. The number of hydrogen-bond donors (Lipinski definition) is 1. The molecule has 1 N–H and O–H groups in total. The van der Waals surface area contributed by atoms with E-state index in [-0.39, 0.29) is 35.3 Å². The third-order valence-electron chi connectivity index (χ3n) is 3.27. The predicted octanol–water partition coefficient (Wildman–Crippen LogP) is 1.74. The Morgan fingerprint density at radius 3 is 2.47 bits per heavy atom. The van der Waals surface area contributed by atoms with Crippen molar-refractivity contribution in [2.24, 2.45) is 5.41 Å². The van der Waals surface area contributed by atoms with Gasteiger partial charge >= 0.3 is 0 Å². The minimum Gasteiger partial charge on any atom is -0.378 e. The summed E-state index contributed by atoms with van der Waals surface area (Å²) in [7, 11) is -3.27. The van der Waals surface area contributed by atoms with Crippen molar-refractivity contribution in [3.8, 4) is 0 Å². The van der Waals surface area contributed by atoms with Gasteiger partial charge in [-0.1, -0.05) is 13.8 Å². The second kappa shape index (κ2) is 5.43. The van der Waals surface area contributed by atoms with Gasteiger partial charge in [-0.15, -0.1) is 11.6 Å². The minimum atomic E-state index is -3.27. The summed E-state index contributed by atoms with van der Waals surface area (Å²) in [6.07, 6.45) is 0.747. The van der Waals surface area contributed by atoms with E-state index >= 15 is 0 Å². The van der Waals surface area contributed by atoms with E-state index in [4.69, 9.17) is 16.3 Å². The molecule has 1 saturated carbocycles. The van der Waals surface area contributed by atoms with Gasteiger partial charge in [0.25, 0.3) is 0 Å². The Kier molecular flexibility index (Phi) is 4.86. The van der Waals surface area contributed by atoms with Crippen molar-refractivity contribution in [3.05, 3.63) is 0 Å². The van der Waals surface area contributed by atoms with Crippen LogP contribution in [0.25, 0.3) is 0 Å². The fourth-order valence-electron chi connectivity index (χ4n) is 1.74. The summed E-state index contributed by atoms with van der Waals surface area (Å²) >= 11 is 6.05. The Bertz CT molecular complexity index is 354. The second-order valence-electron chi connectivity index (χ2n) is 5.43. The highest BCUT2D eigenvalue weighted by Gasteiger charge is 2.48. The third-order valence-corrected chi connectivity index (χ3v) is 5.36. The van der Waals surface area contributed by atoms with E-state index in [1.54, 1.807) is 0 Å².